The number of nitrogens with zero attached hydrogens (tertiary/aromatic N) is 1. The second-order valence-electron chi connectivity index (χ2n) is 4.90. The molecule has 0 spiro atoms. The average molecular weight is 359 g/mol. The van der Waals surface area contributed by atoms with Gasteiger partial charge in [-0.25, -0.2) is 0 Å². The molecule has 0 amide bonds. The van der Waals surface area contributed by atoms with E-state index in [1.165, 1.54) is 12.1 Å². The van der Waals surface area contributed by atoms with Gasteiger partial charge in [0.05, 0.1) is 6.67 Å². The predicted octanol–water partition coefficient (Wildman–Crippen LogP) is 4.03. The van der Waals surface area contributed by atoms with E-state index in [1.54, 1.807) is 12.1 Å². The topological polar surface area (TPSA) is 15.3 Å². The second kappa shape index (κ2) is 8.96. The Hall–Kier alpha value is -0.500. The summed E-state index contributed by atoms with van der Waals surface area (Å²) in [6, 6.07) is 6.20. The molecule has 1 heterocycles. The summed E-state index contributed by atoms with van der Waals surface area (Å²) in [7, 11) is 0. The maximum Gasteiger partial charge on any atom is 0.446 e. The van der Waals surface area contributed by atoms with Gasteiger partial charge in [0.2, 0.25) is 0 Å². The van der Waals surface area contributed by atoms with Crippen LogP contribution in [0.25, 0.3) is 0 Å². The zero-order chi connectivity index (χ0) is 15.3. The summed E-state index contributed by atoms with van der Waals surface area (Å²) in [5.74, 6) is 0. The zero-order valence-electron chi connectivity index (χ0n) is 11.9. The summed E-state index contributed by atoms with van der Waals surface area (Å²) in [5.41, 5.74) is -3.40. The van der Waals surface area contributed by atoms with Crippen molar-refractivity contribution < 1.29 is 17.6 Å². The fourth-order valence-electron chi connectivity index (χ4n) is 2.55. The fraction of sp³-hybridized carbons (Fsp3) is 0.571. The Morgan fingerprint density at radius 1 is 1.14 bits per heavy atom. The van der Waals surface area contributed by atoms with Crippen LogP contribution in [0.5, 0.6) is 0 Å². The summed E-state index contributed by atoms with van der Waals surface area (Å²) in [5, 5.41) is 3.23. The van der Waals surface area contributed by atoms with E-state index in [9.17, 15) is 17.6 Å². The minimum atomic E-state index is -4.28. The van der Waals surface area contributed by atoms with Crippen LogP contribution in [-0.2, 0) is 0 Å². The molecule has 1 aliphatic rings. The normalized spacial score (nSPS) is 17.8. The summed E-state index contributed by atoms with van der Waals surface area (Å²) in [6.45, 7) is 2.91. The highest BCUT2D eigenvalue weighted by atomic mass is 35.5. The molecule has 22 heavy (non-hydrogen) atoms. The van der Waals surface area contributed by atoms with Gasteiger partial charge in [0.1, 0.15) is 0 Å². The van der Waals surface area contributed by atoms with Crippen LogP contribution in [-0.4, -0.2) is 43.3 Å². The third-order valence-corrected chi connectivity index (χ3v) is 4.21. The van der Waals surface area contributed by atoms with Crippen molar-refractivity contribution in [2.45, 2.75) is 22.9 Å². The second-order valence-corrected chi connectivity index (χ2v) is 6.03. The van der Waals surface area contributed by atoms with Crippen molar-refractivity contribution in [1.82, 2.24) is 10.2 Å². The van der Waals surface area contributed by atoms with E-state index in [0.717, 1.165) is 31.7 Å². The number of thioether (sulfide) groups is 1. The van der Waals surface area contributed by atoms with Crippen molar-refractivity contribution in [2.75, 3.05) is 32.9 Å². The molecule has 1 saturated heterocycles. The fourth-order valence-corrected chi connectivity index (χ4v) is 3.09. The van der Waals surface area contributed by atoms with Gasteiger partial charge in [-0.05, 0) is 35.9 Å². The number of alkyl halides is 4. The first kappa shape index (κ1) is 19.5. The Labute approximate surface area is 138 Å². The molecule has 126 valence electrons. The Morgan fingerprint density at radius 2 is 1.73 bits per heavy atom. The Bertz CT molecular complexity index is 435. The van der Waals surface area contributed by atoms with Gasteiger partial charge in [0.25, 0.3) is 0 Å². The van der Waals surface area contributed by atoms with Gasteiger partial charge in [-0.1, -0.05) is 12.1 Å². The molecular formula is C14H19ClF4N2S. The van der Waals surface area contributed by atoms with E-state index in [0.29, 0.717) is 6.42 Å². The third kappa shape index (κ3) is 5.95. The summed E-state index contributed by atoms with van der Waals surface area (Å²) >= 11 is -0.128. The summed E-state index contributed by atoms with van der Waals surface area (Å²) < 4.78 is 49.7. The van der Waals surface area contributed by atoms with E-state index in [-0.39, 0.29) is 35.1 Å². The van der Waals surface area contributed by atoms with Crippen molar-refractivity contribution in [3.63, 3.8) is 0 Å². The van der Waals surface area contributed by atoms with Crippen LogP contribution in [0.3, 0.4) is 0 Å². The first-order valence-corrected chi connectivity index (χ1v) is 7.68. The molecule has 0 bridgehead atoms. The van der Waals surface area contributed by atoms with E-state index in [1.807, 2.05) is 0 Å². The molecule has 1 aliphatic heterocycles. The standard InChI is InChI=1S/C14H18F4N2S.ClH/c15-6-5-13(20-9-7-19-8-10-20)11-1-3-12(4-2-11)21-14(16,17)18;/h1-4,13,19H,5-10H2;1H/t13-;/m1./s1. The Morgan fingerprint density at radius 3 is 2.23 bits per heavy atom. The molecule has 1 aromatic carbocycles. The summed E-state index contributed by atoms with van der Waals surface area (Å²) in [4.78, 5) is 2.34. The minimum absolute atomic E-state index is 0. The van der Waals surface area contributed by atoms with Gasteiger partial charge in [-0.2, -0.15) is 13.2 Å². The lowest BCUT2D eigenvalue weighted by molar-refractivity contribution is -0.0328. The van der Waals surface area contributed by atoms with Crippen LogP contribution in [0.4, 0.5) is 17.6 Å². The van der Waals surface area contributed by atoms with Crippen LogP contribution < -0.4 is 5.32 Å². The van der Waals surface area contributed by atoms with Gasteiger partial charge >= 0.3 is 5.51 Å². The highest BCUT2D eigenvalue weighted by molar-refractivity contribution is 8.00. The van der Waals surface area contributed by atoms with Crippen molar-refractivity contribution >= 4 is 24.2 Å². The van der Waals surface area contributed by atoms with Crippen LogP contribution in [0.1, 0.15) is 18.0 Å². The van der Waals surface area contributed by atoms with Crippen molar-refractivity contribution in [1.29, 1.82) is 0 Å². The van der Waals surface area contributed by atoms with Crippen LogP contribution in [0.15, 0.2) is 29.2 Å². The van der Waals surface area contributed by atoms with E-state index < -0.39 is 12.2 Å². The Balaban J connectivity index is 0.00000242. The smallest absolute Gasteiger partial charge is 0.314 e. The molecule has 2 rings (SSSR count). The average Bonchev–Trinajstić information content (AvgIpc) is 2.45. The van der Waals surface area contributed by atoms with E-state index in [4.69, 9.17) is 0 Å². The predicted molar refractivity (Wildman–Crippen MR) is 83.4 cm³/mol. The molecule has 1 atom stereocenters. The molecule has 1 N–H and O–H groups in total. The monoisotopic (exact) mass is 358 g/mol. The molecule has 0 aromatic heterocycles. The number of benzene rings is 1. The first-order valence-electron chi connectivity index (χ1n) is 6.86. The lowest BCUT2D eigenvalue weighted by atomic mass is 10.0. The van der Waals surface area contributed by atoms with Gasteiger partial charge < -0.3 is 5.32 Å². The third-order valence-electron chi connectivity index (χ3n) is 3.47. The molecule has 0 saturated carbocycles. The lowest BCUT2D eigenvalue weighted by Crippen LogP contribution is -2.45. The largest absolute Gasteiger partial charge is 0.446 e. The van der Waals surface area contributed by atoms with Gasteiger partial charge in [0, 0.05) is 37.1 Å². The number of nitrogens with one attached hydrogen (secondary N) is 1. The van der Waals surface area contributed by atoms with Crippen molar-refractivity contribution in [3.8, 4) is 0 Å². The van der Waals surface area contributed by atoms with Crippen LogP contribution in [0, 0.1) is 0 Å². The number of rotatable bonds is 5. The number of hydrogen-bond acceptors (Lipinski definition) is 3. The molecule has 0 unspecified atom stereocenters. The highest BCUT2D eigenvalue weighted by Crippen LogP contribution is 2.37. The first-order chi connectivity index (χ1) is 9.99. The molecule has 0 radical (unpaired) electrons. The van der Waals surface area contributed by atoms with Crippen LogP contribution >= 0.6 is 24.2 Å². The number of hydrogen-bond donors (Lipinski definition) is 1. The highest BCUT2D eigenvalue weighted by Gasteiger charge is 2.29. The molecule has 1 aromatic rings. The van der Waals surface area contributed by atoms with Crippen LogP contribution in [0.2, 0.25) is 0 Å². The SMILES string of the molecule is Cl.FCC[C@H](c1ccc(SC(F)(F)F)cc1)N1CCNCC1. The molecule has 0 aliphatic carbocycles. The zero-order valence-corrected chi connectivity index (χ0v) is 13.5. The number of halogens is 5. The minimum Gasteiger partial charge on any atom is -0.314 e. The van der Waals surface area contributed by atoms with E-state index in [2.05, 4.69) is 10.2 Å². The quantitative estimate of drug-likeness (QED) is 0.632. The Kier molecular flexibility index (Phi) is 7.96. The lowest BCUT2D eigenvalue weighted by Gasteiger charge is -2.35. The molecule has 8 heteroatoms. The summed E-state index contributed by atoms with van der Waals surface area (Å²) in [6.07, 6.45) is 0.367. The van der Waals surface area contributed by atoms with Crippen molar-refractivity contribution in [3.05, 3.63) is 29.8 Å². The molecular weight excluding hydrogens is 340 g/mol. The van der Waals surface area contributed by atoms with E-state index >= 15 is 0 Å². The van der Waals surface area contributed by atoms with Crippen molar-refractivity contribution in [2.24, 2.45) is 0 Å². The molecule has 2 nitrogen and oxygen atoms in total. The molecule has 1 fully saturated rings. The number of piperazine rings is 1. The van der Waals surface area contributed by atoms with Gasteiger partial charge in [-0.15, -0.1) is 12.4 Å². The van der Waals surface area contributed by atoms with Gasteiger partial charge in [0.15, 0.2) is 0 Å². The maximum absolute atomic E-state index is 12.8. The maximum atomic E-state index is 12.8. The van der Waals surface area contributed by atoms with Gasteiger partial charge in [-0.3, -0.25) is 9.29 Å².